The topological polar surface area (TPSA) is 59.6 Å². The Hall–Kier alpha value is -1.51. The van der Waals surface area contributed by atoms with Gasteiger partial charge in [0, 0.05) is 19.4 Å². The van der Waals surface area contributed by atoms with Crippen molar-refractivity contribution in [2.24, 2.45) is 5.92 Å². The van der Waals surface area contributed by atoms with Crippen LogP contribution in [0.4, 0.5) is 4.39 Å². The minimum Gasteiger partial charge on any atom is -0.493 e. The standard InChI is InChI=1S/C17H23FN2O2S.C9H10Cl2O/c1-23-20-17(21)14-8-13(12-2-3-12)16(9-15(14)18)22-10-11-4-6-19-7-5-11;1-12-5-4-7-2-3-8(10)9(11)6-7/h8-9,11-12,19H,2-7,10H2,1H3,(H,20,21);2-3,6H,4-5H2,1H3. The zero-order valence-corrected chi connectivity index (χ0v) is 22.5. The molecule has 1 amide bonds. The molecule has 9 heteroatoms. The van der Waals surface area contributed by atoms with Crippen LogP contribution in [-0.4, -0.2) is 45.6 Å². The number of halogens is 3. The van der Waals surface area contributed by atoms with Crippen LogP contribution < -0.4 is 14.8 Å². The number of carbonyl (C=O) groups is 1. The molecule has 2 aliphatic rings. The minimum absolute atomic E-state index is 0.107. The van der Waals surface area contributed by atoms with Crippen molar-refractivity contribution in [2.75, 3.05) is 39.7 Å². The Balaban J connectivity index is 0.000000241. The van der Waals surface area contributed by atoms with E-state index >= 15 is 0 Å². The molecule has 4 rings (SSSR count). The number of rotatable bonds is 9. The van der Waals surface area contributed by atoms with Crippen molar-refractivity contribution in [3.05, 3.63) is 62.9 Å². The Bertz CT molecular complexity index is 985. The summed E-state index contributed by atoms with van der Waals surface area (Å²) in [6.07, 6.45) is 6.96. The average molecular weight is 544 g/mol. The summed E-state index contributed by atoms with van der Waals surface area (Å²) in [5.41, 5.74) is 2.23. The molecule has 2 fully saturated rings. The Morgan fingerprint density at radius 2 is 1.89 bits per heavy atom. The van der Waals surface area contributed by atoms with E-state index in [1.54, 1.807) is 25.5 Å². The summed E-state index contributed by atoms with van der Waals surface area (Å²) < 4.78 is 27.8. The van der Waals surface area contributed by atoms with Crippen LogP contribution in [0.1, 0.15) is 53.1 Å². The van der Waals surface area contributed by atoms with Gasteiger partial charge in [-0.3, -0.25) is 9.52 Å². The number of ether oxygens (including phenoxy) is 2. The number of amides is 1. The highest BCUT2D eigenvalue weighted by atomic mass is 35.5. The summed E-state index contributed by atoms with van der Waals surface area (Å²) in [7, 11) is 1.68. The summed E-state index contributed by atoms with van der Waals surface area (Å²) in [5.74, 6) is 0.637. The van der Waals surface area contributed by atoms with Gasteiger partial charge in [-0.25, -0.2) is 4.39 Å². The van der Waals surface area contributed by atoms with Gasteiger partial charge in [-0.2, -0.15) is 0 Å². The quantitative estimate of drug-likeness (QED) is 0.365. The van der Waals surface area contributed by atoms with E-state index in [1.807, 2.05) is 12.1 Å². The van der Waals surface area contributed by atoms with Crippen molar-refractivity contribution in [3.63, 3.8) is 0 Å². The lowest BCUT2D eigenvalue weighted by Crippen LogP contribution is -2.30. The zero-order valence-electron chi connectivity index (χ0n) is 20.2. The van der Waals surface area contributed by atoms with Crippen LogP contribution in [-0.2, 0) is 11.2 Å². The number of hydrogen-bond donors (Lipinski definition) is 2. The van der Waals surface area contributed by atoms with Crippen LogP contribution in [0, 0.1) is 11.7 Å². The highest BCUT2D eigenvalue weighted by molar-refractivity contribution is 7.97. The van der Waals surface area contributed by atoms with Crippen molar-refractivity contribution in [1.29, 1.82) is 0 Å². The van der Waals surface area contributed by atoms with E-state index in [0.717, 1.165) is 56.3 Å². The summed E-state index contributed by atoms with van der Waals surface area (Å²) in [5, 5.41) is 4.53. The van der Waals surface area contributed by atoms with Crippen LogP contribution in [0.5, 0.6) is 5.75 Å². The second-order valence-corrected chi connectivity index (χ2v) is 10.2. The van der Waals surface area contributed by atoms with Crippen LogP contribution in [0.3, 0.4) is 0 Å². The lowest BCUT2D eigenvalue weighted by molar-refractivity contribution is 0.0980. The molecule has 1 aliphatic heterocycles. The predicted octanol–water partition coefficient (Wildman–Crippen LogP) is 6.27. The summed E-state index contributed by atoms with van der Waals surface area (Å²) in [6.45, 7) is 3.37. The molecular formula is C26H33Cl2FN2O3S. The van der Waals surface area contributed by atoms with E-state index in [1.165, 1.54) is 18.0 Å². The zero-order chi connectivity index (χ0) is 25.2. The molecule has 0 bridgehead atoms. The first-order chi connectivity index (χ1) is 16.9. The average Bonchev–Trinajstić information content (AvgIpc) is 3.70. The molecule has 0 atom stereocenters. The SMILES string of the molecule is COCCc1ccc(Cl)c(Cl)c1.CSNC(=O)c1cc(C2CC2)c(OCC2CCNCC2)cc1F. The van der Waals surface area contributed by atoms with E-state index in [-0.39, 0.29) is 11.5 Å². The third-order valence-corrected chi connectivity index (χ3v) is 7.20. The predicted molar refractivity (Wildman–Crippen MR) is 142 cm³/mol. The molecule has 2 aromatic carbocycles. The van der Waals surface area contributed by atoms with E-state index in [4.69, 9.17) is 32.7 Å². The molecule has 192 valence electrons. The van der Waals surface area contributed by atoms with Crippen LogP contribution >= 0.6 is 35.1 Å². The number of nitrogens with one attached hydrogen (secondary N) is 2. The van der Waals surface area contributed by atoms with Gasteiger partial charge in [-0.15, -0.1) is 0 Å². The number of benzene rings is 2. The fraction of sp³-hybridized carbons (Fsp3) is 0.500. The Morgan fingerprint density at radius 1 is 1.14 bits per heavy atom. The van der Waals surface area contributed by atoms with Gasteiger partial charge in [-0.05, 0) is 86.4 Å². The smallest absolute Gasteiger partial charge is 0.264 e. The van der Waals surface area contributed by atoms with E-state index in [0.29, 0.717) is 40.8 Å². The molecular weight excluding hydrogens is 510 g/mol. The summed E-state index contributed by atoms with van der Waals surface area (Å²) >= 11 is 12.7. The van der Waals surface area contributed by atoms with Crippen molar-refractivity contribution in [1.82, 2.24) is 10.0 Å². The molecule has 1 saturated carbocycles. The van der Waals surface area contributed by atoms with E-state index in [2.05, 4.69) is 10.0 Å². The number of hydrogen-bond acceptors (Lipinski definition) is 5. The maximum Gasteiger partial charge on any atom is 0.264 e. The van der Waals surface area contributed by atoms with Crippen LogP contribution in [0.2, 0.25) is 10.0 Å². The van der Waals surface area contributed by atoms with E-state index < -0.39 is 5.82 Å². The fourth-order valence-corrected chi connectivity index (χ4v) is 4.52. The monoisotopic (exact) mass is 542 g/mol. The van der Waals surface area contributed by atoms with Crippen molar-refractivity contribution in [2.45, 2.75) is 38.0 Å². The van der Waals surface area contributed by atoms with Crippen LogP contribution in [0.15, 0.2) is 30.3 Å². The van der Waals surface area contributed by atoms with Crippen molar-refractivity contribution >= 4 is 41.1 Å². The minimum atomic E-state index is -0.513. The molecule has 5 nitrogen and oxygen atoms in total. The lowest BCUT2D eigenvalue weighted by atomic mass is 9.99. The Morgan fingerprint density at radius 3 is 2.51 bits per heavy atom. The number of piperidine rings is 1. The molecule has 35 heavy (non-hydrogen) atoms. The van der Waals surface area contributed by atoms with Gasteiger partial charge in [0.1, 0.15) is 11.6 Å². The highest BCUT2D eigenvalue weighted by Gasteiger charge is 2.29. The first-order valence-electron chi connectivity index (χ1n) is 11.9. The number of methoxy groups -OCH3 is 1. The highest BCUT2D eigenvalue weighted by Crippen LogP contribution is 2.45. The lowest BCUT2D eigenvalue weighted by Gasteiger charge is -2.23. The first kappa shape index (κ1) is 28.1. The molecule has 0 spiro atoms. The van der Waals surface area contributed by atoms with Crippen molar-refractivity contribution < 1.29 is 18.7 Å². The fourth-order valence-electron chi connectivity index (χ4n) is 3.90. The molecule has 0 aromatic heterocycles. The van der Waals surface area contributed by atoms with Crippen molar-refractivity contribution in [3.8, 4) is 5.75 Å². The van der Waals surface area contributed by atoms with E-state index in [9.17, 15) is 9.18 Å². The molecule has 2 N–H and O–H groups in total. The molecule has 0 radical (unpaired) electrons. The Kier molecular flexibility index (Phi) is 11.5. The largest absolute Gasteiger partial charge is 0.493 e. The summed E-state index contributed by atoms with van der Waals surface area (Å²) in [4.78, 5) is 12.0. The normalized spacial score (nSPS) is 15.8. The maximum absolute atomic E-state index is 14.3. The second kappa shape index (κ2) is 14.3. The van der Waals surface area contributed by atoms with Gasteiger partial charge in [0.25, 0.3) is 5.91 Å². The third-order valence-electron chi connectivity index (χ3n) is 6.07. The summed E-state index contributed by atoms with van der Waals surface area (Å²) in [6, 6.07) is 8.69. The molecule has 1 heterocycles. The maximum atomic E-state index is 14.3. The third kappa shape index (κ3) is 8.83. The Labute approximate surface area is 221 Å². The van der Waals surface area contributed by atoms with Gasteiger partial charge in [0.2, 0.25) is 0 Å². The second-order valence-electron chi connectivity index (χ2n) is 8.78. The van der Waals surface area contributed by atoms with Gasteiger partial charge >= 0.3 is 0 Å². The molecule has 1 saturated heterocycles. The first-order valence-corrected chi connectivity index (χ1v) is 13.8. The molecule has 0 unspecified atom stereocenters. The number of carbonyl (C=O) groups excluding carboxylic acids is 1. The van der Waals surface area contributed by atoms with Gasteiger partial charge in [0.15, 0.2) is 0 Å². The molecule has 2 aromatic rings. The van der Waals surface area contributed by atoms with Gasteiger partial charge in [0.05, 0.1) is 28.8 Å². The van der Waals surface area contributed by atoms with Crippen LogP contribution in [0.25, 0.3) is 0 Å². The van der Waals surface area contributed by atoms with Gasteiger partial charge in [-0.1, -0.05) is 41.2 Å². The van der Waals surface area contributed by atoms with Gasteiger partial charge < -0.3 is 14.8 Å². The molecule has 1 aliphatic carbocycles.